The van der Waals surface area contributed by atoms with Gasteiger partial charge in [0.2, 0.25) is 0 Å². The first-order valence-electron chi connectivity index (χ1n) is 6.67. The first kappa shape index (κ1) is 14.2. The molecule has 20 heavy (non-hydrogen) atoms. The Morgan fingerprint density at radius 3 is 2.80 bits per heavy atom. The van der Waals surface area contributed by atoms with Gasteiger partial charge in [-0.3, -0.25) is 9.78 Å². The van der Waals surface area contributed by atoms with Crippen LogP contribution in [0.25, 0.3) is 0 Å². The monoisotopic (exact) mass is 269 g/mol. The summed E-state index contributed by atoms with van der Waals surface area (Å²) in [6.07, 6.45) is 7.16. The van der Waals surface area contributed by atoms with Gasteiger partial charge in [0.15, 0.2) is 0 Å². The van der Waals surface area contributed by atoms with Crippen molar-refractivity contribution in [2.45, 2.75) is 26.7 Å². The number of nitrogens with zero attached hydrogens (tertiary/aromatic N) is 2. The summed E-state index contributed by atoms with van der Waals surface area (Å²) in [7, 11) is 0. The Morgan fingerprint density at radius 2 is 2.15 bits per heavy atom. The Labute approximate surface area is 119 Å². The predicted octanol–water partition coefficient (Wildman–Crippen LogP) is 3.10. The second-order valence-corrected chi connectivity index (χ2v) is 5.11. The zero-order chi connectivity index (χ0) is 14.5. The van der Waals surface area contributed by atoms with E-state index in [2.05, 4.69) is 28.2 Å². The highest BCUT2D eigenvalue weighted by Crippen LogP contribution is 2.26. The molecule has 1 amide bonds. The van der Waals surface area contributed by atoms with Crippen LogP contribution in [0.1, 0.15) is 37.0 Å². The van der Waals surface area contributed by atoms with E-state index in [9.17, 15) is 4.79 Å². The molecule has 0 aliphatic heterocycles. The lowest BCUT2D eigenvalue weighted by atomic mass is 9.85. The minimum atomic E-state index is -0.217. The van der Waals surface area contributed by atoms with Gasteiger partial charge in [-0.1, -0.05) is 18.2 Å². The molecule has 2 rings (SSSR count). The van der Waals surface area contributed by atoms with Gasteiger partial charge in [-0.25, -0.2) is 5.43 Å². The van der Waals surface area contributed by atoms with Crippen LogP contribution in [0, 0.1) is 5.92 Å². The summed E-state index contributed by atoms with van der Waals surface area (Å²) in [6.45, 7) is 8.06. The molecule has 1 unspecified atom stereocenters. The van der Waals surface area contributed by atoms with Crippen molar-refractivity contribution >= 4 is 11.6 Å². The predicted molar refractivity (Wildman–Crippen MR) is 80.4 cm³/mol. The van der Waals surface area contributed by atoms with E-state index in [0.717, 1.165) is 29.7 Å². The largest absolute Gasteiger partial charge is 0.271 e. The number of amides is 1. The van der Waals surface area contributed by atoms with E-state index in [1.807, 2.05) is 13.8 Å². The molecule has 104 valence electrons. The fourth-order valence-corrected chi connectivity index (χ4v) is 2.11. The molecule has 0 saturated carbocycles. The number of carbonyl (C=O) groups is 1. The molecule has 1 heterocycles. The Balaban J connectivity index is 2.07. The maximum Gasteiger partial charge on any atom is 0.271 e. The zero-order valence-electron chi connectivity index (χ0n) is 11.9. The second-order valence-electron chi connectivity index (χ2n) is 5.11. The molecule has 0 fully saturated rings. The number of nitrogens with one attached hydrogen (secondary N) is 1. The van der Waals surface area contributed by atoms with E-state index >= 15 is 0 Å². The van der Waals surface area contributed by atoms with Crippen molar-refractivity contribution in [2.24, 2.45) is 11.0 Å². The van der Waals surface area contributed by atoms with Gasteiger partial charge in [-0.2, -0.15) is 5.10 Å². The SMILES string of the molecule is C=C(C)C1CC=C(C)/C(=N/NC(=O)c2ccncc2)C1. The summed E-state index contributed by atoms with van der Waals surface area (Å²) in [5, 5.41) is 4.26. The van der Waals surface area contributed by atoms with Gasteiger partial charge in [0, 0.05) is 18.0 Å². The van der Waals surface area contributed by atoms with Gasteiger partial charge in [-0.15, -0.1) is 0 Å². The lowest BCUT2D eigenvalue weighted by Gasteiger charge is -2.22. The fraction of sp³-hybridized carbons (Fsp3) is 0.312. The molecular formula is C16H19N3O. The molecule has 0 spiro atoms. The van der Waals surface area contributed by atoms with Crippen LogP contribution in [0.3, 0.4) is 0 Å². The zero-order valence-corrected chi connectivity index (χ0v) is 11.9. The molecule has 0 saturated heterocycles. The van der Waals surface area contributed by atoms with Gasteiger partial charge >= 0.3 is 0 Å². The van der Waals surface area contributed by atoms with Crippen molar-refractivity contribution in [1.82, 2.24) is 10.4 Å². The van der Waals surface area contributed by atoms with Crippen LogP contribution in [0.15, 0.2) is 53.4 Å². The molecule has 1 N–H and O–H groups in total. The highest BCUT2D eigenvalue weighted by atomic mass is 16.2. The Kier molecular flexibility index (Phi) is 4.45. The number of aromatic nitrogens is 1. The fourth-order valence-electron chi connectivity index (χ4n) is 2.11. The first-order valence-corrected chi connectivity index (χ1v) is 6.67. The molecule has 0 bridgehead atoms. The number of rotatable bonds is 3. The van der Waals surface area contributed by atoms with Crippen LogP contribution in [0.5, 0.6) is 0 Å². The molecular weight excluding hydrogens is 250 g/mol. The lowest BCUT2D eigenvalue weighted by Crippen LogP contribution is -2.23. The van der Waals surface area contributed by atoms with Crippen LogP contribution in [0.4, 0.5) is 0 Å². The van der Waals surface area contributed by atoms with Crippen LogP contribution in [-0.2, 0) is 0 Å². The van der Waals surface area contributed by atoms with Gasteiger partial charge in [-0.05, 0) is 50.3 Å². The average molecular weight is 269 g/mol. The van der Waals surface area contributed by atoms with E-state index in [1.54, 1.807) is 24.5 Å². The normalized spacial score (nSPS) is 20.4. The third-order valence-electron chi connectivity index (χ3n) is 3.54. The summed E-state index contributed by atoms with van der Waals surface area (Å²) in [5.74, 6) is 0.195. The number of hydrogen-bond donors (Lipinski definition) is 1. The third kappa shape index (κ3) is 3.41. The van der Waals surface area contributed by atoms with E-state index in [1.165, 1.54) is 0 Å². The number of pyridine rings is 1. The first-order chi connectivity index (χ1) is 9.58. The lowest BCUT2D eigenvalue weighted by molar-refractivity contribution is 0.0954. The van der Waals surface area contributed by atoms with Crippen molar-refractivity contribution in [3.05, 3.63) is 53.9 Å². The molecule has 4 heteroatoms. The van der Waals surface area contributed by atoms with Crippen molar-refractivity contribution in [3.63, 3.8) is 0 Å². The minimum Gasteiger partial charge on any atom is -0.267 e. The standard InChI is InChI=1S/C16H19N3O/c1-11(2)14-5-4-12(3)15(10-14)18-19-16(20)13-6-8-17-9-7-13/h4,6-9,14H,1,5,10H2,2-3H3,(H,19,20)/b18-15+. The molecule has 1 aliphatic rings. The molecule has 4 nitrogen and oxygen atoms in total. The number of carbonyl (C=O) groups excluding carboxylic acids is 1. The summed E-state index contributed by atoms with van der Waals surface area (Å²) in [4.78, 5) is 15.8. The van der Waals surface area contributed by atoms with Gasteiger partial charge < -0.3 is 0 Å². The van der Waals surface area contributed by atoms with E-state index in [0.29, 0.717) is 11.5 Å². The Hall–Kier alpha value is -2.23. The minimum absolute atomic E-state index is 0.217. The van der Waals surface area contributed by atoms with E-state index < -0.39 is 0 Å². The number of hydrazone groups is 1. The van der Waals surface area contributed by atoms with E-state index in [4.69, 9.17) is 0 Å². The number of hydrogen-bond acceptors (Lipinski definition) is 3. The highest BCUT2D eigenvalue weighted by molar-refractivity contribution is 6.02. The topological polar surface area (TPSA) is 54.4 Å². The van der Waals surface area contributed by atoms with Crippen LogP contribution >= 0.6 is 0 Å². The summed E-state index contributed by atoms with van der Waals surface area (Å²) < 4.78 is 0. The smallest absolute Gasteiger partial charge is 0.267 e. The Morgan fingerprint density at radius 1 is 1.45 bits per heavy atom. The van der Waals surface area contributed by atoms with Crippen LogP contribution in [-0.4, -0.2) is 16.6 Å². The second kappa shape index (κ2) is 6.28. The third-order valence-corrected chi connectivity index (χ3v) is 3.54. The number of allylic oxidation sites excluding steroid dienone is 3. The van der Waals surface area contributed by atoms with Crippen molar-refractivity contribution in [1.29, 1.82) is 0 Å². The molecule has 1 aliphatic carbocycles. The van der Waals surface area contributed by atoms with Crippen molar-refractivity contribution in [2.75, 3.05) is 0 Å². The molecule has 1 aromatic rings. The highest BCUT2D eigenvalue weighted by Gasteiger charge is 2.18. The summed E-state index contributed by atoms with van der Waals surface area (Å²) in [5.41, 5.74) is 6.36. The summed E-state index contributed by atoms with van der Waals surface area (Å²) >= 11 is 0. The molecule has 0 aromatic carbocycles. The average Bonchev–Trinajstić information content (AvgIpc) is 2.46. The molecule has 1 aromatic heterocycles. The molecule has 0 radical (unpaired) electrons. The Bertz CT molecular complexity index is 573. The van der Waals surface area contributed by atoms with Crippen molar-refractivity contribution < 1.29 is 4.79 Å². The maximum absolute atomic E-state index is 11.9. The van der Waals surface area contributed by atoms with Crippen LogP contribution in [0.2, 0.25) is 0 Å². The van der Waals surface area contributed by atoms with Gasteiger partial charge in [0.1, 0.15) is 0 Å². The summed E-state index contributed by atoms with van der Waals surface area (Å²) in [6, 6.07) is 3.32. The van der Waals surface area contributed by atoms with Gasteiger partial charge in [0.25, 0.3) is 5.91 Å². The maximum atomic E-state index is 11.9. The van der Waals surface area contributed by atoms with E-state index in [-0.39, 0.29) is 5.91 Å². The van der Waals surface area contributed by atoms with Crippen molar-refractivity contribution in [3.8, 4) is 0 Å². The molecule has 1 atom stereocenters. The van der Waals surface area contributed by atoms with Gasteiger partial charge in [0.05, 0.1) is 5.71 Å². The van der Waals surface area contributed by atoms with Crippen LogP contribution < -0.4 is 5.43 Å². The quantitative estimate of drug-likeness (QED) is 0.677.